The van der Waals surface area contributed by atoms with E-state index in [9.17, 15) is 9.59 Å². The van der Waals surface area contributed by atoms with E-state index >= 15 is 0 Å². The summed E-state index contributed by atoms with van der Waals surface area (Å²) in [4.78, 5) is 24.4. The Labute approximate surface area is 104 Å². The highest BCUT2D eigenvalue weighted by Gasteiger charge is 2.34. The quantitative estimate of drug-likeness (QED) is 0.877. The first-order valence-electron chi connectivity index (χ1n) is 5.32. The standard InChI is InChI=1S/C12H13NO3S/c14-11(6-9-4-2-1-3-5-9)13-8-17-7-10(13)12(15)16/h1-5,10H,6-8H2,(H,15,16). The molecule has 90 valence electrons. The van der Waals surface area contributed by atoms with Crippen molar-refractivity contribution in [1.29, 1.82) is 0 Å². The second-order valence-corrected chi connectivity index (χ2v) is 4.88. The predicted molar refractivity (Wildman–Crippen MR) is 65.7 cm³/mol. The molecule has 1 aromatic carbocycles. The highest BCUT2D eigenvalue weighted by Crippen LogP contribution is 2.22. The van der Waals surface area contributed by atoms with Crippen LogP contribution in [0.3, 0.4) is 0 Å². The summed E-state index contributed by atoms with van der Waals surface area (Å²) in [6.45, 7) is 0. The van der Waals surface area contributed by atoms with Crippen molar-refractivity contribution in [1.82, 2.24) is 4.90 Å². The molecule has 5 heteroatoms. The molecule has 17 heavy (non-hydrogen) atoms. The second kappa shape index (κ2) is 5.23. The summed E-state index contributed by atoms with van der Waals surface area (Å²) in [5.74, 6) is -0.0802. The maximum Gasteiger partial charge on any atom is 0.327 e. The first-order chi connectivity index (χ1) is 8.18. The zero-order valence-corrected chi connectivity index (χ0v) is 10.0. The molecule has 1 heterocycles. The van der Waals surface area contributed by atoms with Crippen LogP contribution in [-0.2, 0) is 16.0 Å². The van der Waals surface area contributed by atoms with E-state index in [1.807, 2.05) is 30.3 Å². The molecule has 1 amide bonds. The van der Waals surface area contributed by atoms with E-state index in [-0.39, 0.29) is 12.3 Å². The van der Waals surface area contributed by atoms with Crippen LogP contribution in [0.25, 0.3) is 0 Å². The zero-order chi connectivity index (χ0) is 12.3. The van der Waals surface area contributed by atoms with Crippen LogP contribution in [0.4, 0.5) is 0 Å². The van der Waals surface area contributed by atoms with Crippen molar-refractivity contribution in [3.8, 4) is 0 Å². The number of carbonyl (C=O) groups is 2. The smallest absolute Gasteiger partial charge is 0.327 e. The van der Waals surface area contributed by atoms with Gasteiger partial charge in [0, 0.05) is 5.75 Å². The van der Waals surface area contributed by atoms with E-state index < -0.39 is 12.0 Å². The van der Waals surface area contributed by atoms with Gasteiger partial charge < -0.3 is 10.0 Å². The largest absolute Gasteiger partial charge is 0.480 e. The summed E-state index contributed by atoms with van der Waals surface area (Å²) in [6, 6.07) is 8.70. The van der Waals surface area contributed by atoms with Crippen LogP contribution in [0.1, 0.15) is 5.56 Å². The SMILES string of the molecule is O=C(O)C1CSCN1C(=O)Cc1ccccc1. The number of amides is 1. The zero-order valence-electron chi connectivity index (χ0n) is 9.20. The Bertz CT molecular complexity index is 421. The number of carboxylic acids is 1. The molecule has 1 fully saturated rings. The van der Waals surface area contributed by atoms with Gasteiger partial charge in [0.15, 0.2) is 0 Å². The normalized spacial score (nSPS) is 19.3. The van der Waals surface area contributed by atoms with Crippen LogP contribution in [0.5, 0.6) is 0 Å². The third kappa shape index (κ3) is 2.79. The number of aliphatic carboxylic acids is 1. The molecule has 0 spiro atoms. The Morgan fingerprint density at radius 3 is 2.71 bits per heavy atom. The number of carbonyl (C=O) groups excluding carboxylic acids is 1. The number of benzene rings is 1. The Morgan fingerprint density at radius 1 is 1.35 bits per heavy atom. The summed E-state index contributed by atoms with van der Waals surface area (Å²) < 4.78 is 0. The molecular formula is C12H13NO3S. The number of rotatable bonds is 3. The van der Waals surface area contributed by atoms with Gasteiger partial charge in [-0.1, -0.05) is 30.3 Å². The van der Waals surface area contributed by atoms with Crippen LogP contribution in [0.2, 0.25) is 0 Å². The fourth-order valence-corrected chi connectivity index (χ4v) is 2.94. The third-order valence-corrected chi connectivity index (χ3v) is 3.70. The van der Waals surface area contributed by atoms with E-state index in [0.717, 1.165) is 5.56 Å². The van der Waals surface area contributed by atoms with Crippen LogP contribution in [-0.4, -0.2) is 39.6 Å². The summed E-state index contributed by atoms with van der Waals surface area (Å²) in [7, 11) is 0. The minimum atomic E-state index is -0.920. The maximum atomic E-state index is 12.0. The van der Waals surface area contributed by atoms with Gasteiger partial charge in [-0.05, 0) is 5.56 Å². The molecule has 1 aliphatic rings. The van der Waals surface area contributed by atoms with E-state index in [4.69, 9.17) is 5.11 Å². The molecule has 0 saturated carbocycles. The minimum absolute atomic E-state index is 0.117. The summed E-state index contributed by atoms with van der Waals surface area (Å²) in [5, 5.41) is 8.99. The Kier molecular flexibility index (Phi) is 3.68. The molecule has 1 aromatic rings. The first kappa shape index (κ1) is 12.0. The fraction of sp³-hybridized carbons (Fsp3) is 0.333. The van der Waals surface area contributed by atoms with E-state index in [1.165, 1.54) is 16.7 Å². The van der Waals surface area contributed by atoms with Crippen molar-refractivity contribution < 1.29 is 14.7 Å². The van der Waals surface area contributed by atoms with Crippen molar-refractivity contribution in [2.75, 3.05) is 11.6 Å². The van der Waals surface area contributed by atoms with Gasteiger partial charge in [-0.25, -0.2) is 4.79 Å². The number of carboxylic acid groups (broad SMARTS) is 1. The second-order valence-electron chi connectivity index (χ2n) is 3.88. The molecular weight excluding hydrogens is 238 g/mol. The molecule has 1 N–H and O–H groups in total. The van der Waals surface area contributed by atoms with Crippen LogP contribution in [0.15, 0.2) is 30.3 Å². The maximum absolute atomic E-state index is 12.0. The van der Waals surface area contributed by atoms with Crippen molar-refractivity contribution in [3.63, 3.8) is 0 Å². The van der Waals surface area contributed by atoms with Crippen molar-refractivity contribution in [2.45, 2.75) is 12.5 Å². The van der Waals surface area contributed by atoms with Crippen molar-refractivity contribution >= 4 is 23.6 Å². The minimum Gasteiger partial charge on any atom is -0.480 e. The molecule has 0 bridgehead atoms. The van der Waals surface area contributed by atoms with Crippen LogP contribution < -0.4 is 0 Å². The predicted octanol–water partition coefficient (Wildman–Crippen LogP) is 1.22. The van der Waals surface area contributed by atoms with Gasteiger partial charge in [-0.15, -0.1) is 11.8 Å². The molecule has 0 aliphatic carbocycles. The average Bonchev–Trinajstić information content (AvgIpc) is 2.79. The lowest BCUT2D eigenvalue weighted by atomic mass is 10.1. The first-order valence-corrected chi connectivity index (χ1v) is 6.48. The number of thioether (sulfide) groups is 1. The van der Waals surface area contributed by atoms with E-state index in [1.54, 1.807) is 0 Å². The lowest BCUT2D eigenvalue weighted by molar-refractivity contribution is -0.147. The van der Waals surface area contributed by atoms with Crippen molar-refractivity contribution in [3.05, 3.63) is 35.9 Å². The Hall–Kier alpha value is -1.49. The van der Waals surface area contributed by atoms with Gasteiger partial charge in [0.2, 0.25) is 5.91 Å². The summed E-state index contributed by atoms with van der Waals surface area (Å²) in [6.07, 6.45) is 0.269. The molecule has 1 aliphatic heterocycles. The lowest BCUT2D eigenvalue weighted by Crippen LogP contribution is -2.42. The summed E-state index contributed by atoms with van der Waals surface area (Å²) in [5.41, 5.74) is 0.915. The summed E-state index contributed by atoms with van der Waals surface area (Å²) >= 11 is 1.48. The van der Waals surface area contributed by atoms with Crippen LogP contribution >= 0.6 is 11.8 Å². The highest BCUT2D eigenvalue weighted by atomic mass is 32.2. The third-order valence-electron chi connectivity index (χ3n) is 2.69. The topological polar surface area (TPSA) is 57.6 Å². The van der Waals surface area contributed by atoms with E-state index in [0.29, 0.717) is 11.6 Å². The van der Waals surface area contributed by atoms with Crippen LogP contribution in [0, 0.1) is 0 Å². The Morgan fingerprint density at radius 2 is 2.06 bits per heavy atom. The highest BCUT2D eigenvalue weighted by molar-refractivity contribution is 7.99. The number of nitrogens with zero attached hydrogens (tertiary/aromatic N) is 1. The Balaban J connectivity index is 2.03. The van der Waals surface area contributed by atoms with Crippen molar-refractivity contribution in [2.24, 2.45) is 0 Å². The molecule has 4 nitrogen and oxygen atoms in total. The molecule has 1 atom stereocenters. The molecule has 1 unspecified atom stereocenters. The lowest BCUT2D eigenvalue weighted by Gasteiger charge is -2.20. The van der Waals surface area contributed by atoms with Gasteiger partial charge in [0.05, 0.1) is 12.3 Å². The average molecular weight is 251 g/mol. The molecule has 0 aromatic heterocycles. The fourth-order valence-electron chi connectivity index (χ4n) is 1.77. The van der Waals surface area contributed by atoms with Gasteiger partial charge in [-0.3, -0.25) is 4.79 Å². The van der Waals surface area contributed by atoms with Gasteiger partial charge in [0.25, 0.3) is 0 Å². The monoisotopic (exact) mass is 251 g/mol. The molecule has 2 rings (SSSR count). The van der Waals surface area contributed by atoms with E-state index in [2.05, 4.69) is 0 Å². The molecule has 0 radical (unpaired) electrons. The number of hydrogen-bond acceptors (Lipinski definition) is 3. The van der Waals surface area contributed by atoms with Gasteiger partial charge in [-0.2, -0.15) is 0 Å². The molecule has 1 saturated heterocycles. The number of hydrogen-bond donors (Lipinski definition) is 1. The van der Waals surface area contributed by atoms with Gasteiger partial charge in [0.1, 0.15) is 6.04 Å². The van der Waals surface area contributed by atoms with Gasteiger partial charge >= 0.3 is 5.97 Å².